The molecule has 14 heavy (non-hydrogen) atoms. The number of likely N-dealkylation sites (N-methyl/N-ethyl adjacent to an activating group) is 1. The first-order valence-electron chi connectivity index (χ1n) is 4.51. The maximum atomic E-state index is 9.62. The van der Waals surface area contributed by atoms with Gasteiger partial charge in [0, 0.05) is 13.1 Å². The van der Waals surface area contributed by atoms with Gasteiger partial charge < -0.3 is 5.11 Å². The lowest BCUT2D eigenvalue weighted by atomic mass is 10.1. The summed E-state index contributed by atoms with van der Waals surface area (Å²) in [7, 11) is 2.02. The van der Waals surface area contributed by atoms with Crippen molar-refractivity contribution in [1.29, 1.82) is 0 Å². The Hall–Kier alpha value is 0.1000. The topological polar surface area (TPSA) is 23.5 Å². The fourth-order valence-corrected chi connectivity index (χ4v) is 2.66. The minimum Gasteiger partial charge on any atom is -0.389 e. The van der Waals surface area contributed by atoms with Crippen molar-refractivity contribution in [2.24, 2.45) is 0 Å². The van der Waals surface area contributed by atoms with E-state index in [1.54, 1.807) is 11.3 Å². The average Bonchev–Trinajstić information content (AvgIpc) is 2.30. The third-order valence-electron chi connectivity index (χ3n) is 1.73. The highest BCUT2D eigenvalue weighted by atomic mass is 79.9. The maximum absolute atomic E-state index is 9.62. The number of hydrogen-bond donors (Lipinski definition) is 1. The van der Waals surface area contributed by atoms with Crippen LogP contribution in [0.1, 0.15) is 19.4 Å². The highest BCUT2D eigenvalue weighted by Gasteiger charge is 2.15. The van der Waals surface area contributed by atoms with Crippen molar-refractivity contribution < 1.29 is 5.11 Å². The molecule has 0 radical (unpaired) electrons. The Morgan fingerprint density at radius 2 is 2.21 bits per heavy atom. The van der Waals surface area contributed by atoms with Crippen LogP contribution in [0.2, 0.25) is 0 Å². The highest BCUT2D eigenvalue weighted by molar-refractivity contribution is 9.11. The van der Waals surface area contributed by atoms with Gasteiger partial charge in [-0.1, -0.05) is 0 Å². The van der Waals surface area contributed by atoms with Crippen LogP contribution >= 0.6 is 27.3 Å². The Kier molecular flexibility index (Phi) is 4.13. The van der Waals surface area contributed by atoms with Gasteiger partial charge in [-0.05, 0) is 53.8 Å². The molecular weight excluding hydrogens is 262 g/mol. The van der Waals surface area contributed by atoms with E-state index in [-0.39, 0.29) is 0 Å². The average molecular weight is 278 g/mol. The van der Waals surface area contributed by atoms with E-state index in [1.165, 1.54) is 5.56 Å². The van der Waals surface area contributed by atoms with Gasteiger partial charge in [-0.2, -0.15) is 0 Å². The van der Waals surface area contributed by atoms with Crippen molar-refractivity contribution >= 4 is 27.3 Å². The lowest BCUT2D eigenvalue weighted by Crippen LogP contribution is -2.35. The van der Waals surface area contributed by atoms with Crippen molar-refractivity contribution in [2.45, 2.75) is 26.0 Å². The van der Waals surface area contributed by atoms with E-state index in [2.05, 4.69) is 32.3 Å². The normalized spacial score (nSPS) is 12.4. The zero-order valence-electron chi connectivity index (χ0n) is 8.75. The van der Waals surface area contributed by atoms with Crippen LogP contribution in [0, 0.1) is 0 Å². The van der Waals surface area contributed by atoms with E-state index < -0.39 is 5.60 Å². The number of aliphatic hydroxyl groups is 1. The van der Waals surface area contributed by atoms with Gasteiger partial charge in [-0.25, -0.2) is 0 Å². The molecule has 0 aliphatic carbocycles. The Bertz CT molecular complexity index is 293. The van der Waals surface area contributed by atoms with E-state index in [0.29, 0.717) is 6.54 Å². The monoisotopic (exact) mass is 277 g/mol. The molecular formula is C10H16BrNOS. The van der Waals surface area contributed by atoms with Crippen molar-refractivity contribution in [2.75, 3.05) is 13.6 Å². The molecule has 0 atom stereocenters. The van der Waals surface area contributed by atoms with Crippen molar-refractivity contribution in [3.05, 3.63) is 20.8 Å². The van der Waals surface area contributed by atoms with Gasteiger partial charge >= 0.3 is 0 Å². The van der Waals surface area contributed by atoms with Gasteiger partial charge in [-0.3, -0.25) is 4.90 Å². The van der Waals surface area contributed by atoms with Crippen molar-refractivity contribution in [3.8, 4) is 0 Å². The summed E-state index contributed by atoms with van der Waals surface area (Å²) in [5, 5.41) is 11.8. The Morgan fingerprint density at radius 1 is 1.57 bits per heavy atom. The molecule has 80 valence electrons. The summed E-state index contributed by atoms with van der Waals surface area (Å²) in [6.07, 6.45) is 0. The lowest BCUT2D eigenvalue weighted by Gasteiger charge is -2.24. The number of nitrogens with zero attached hydrogens (tertiary/aromatic N) is 1. The van der Waals surface area contributed by atoms with Gasteiger partial charge in [0.1, 0.15) is 0 Å². The van der Waals surface area contributed by atoms with Crippen LogP contribution in [0.15, 0.2) is 15.2 Å². The van der Waals surface area contributed by atoms with Gasteiger partial charge in [0.2, 0.25) is 0 Å². The molecule has 0 unspecified atom stereocenters. The van der Waals surface area contributed by atoms with Gasteiger partial charge in [-0.15, -0.1) is 11.3 Å². The summed E-state index contributed by atoms with van der Waals surface area (Å²) < 4.78 is 1.16. The third kappa shape index (κ3) is 4.55. The zero-order chi connectivity index (χ0) is 10.8. The summed E-state index contributed by atoms with van der Waals surface area (Å²) in [5.74, 6) is 0. The molecule has 0 saturated carbocycles. The minimum absolute atomic E-state index is 0.623. The van der Waals surface area contributed by atoms with Crippen molar-refractivity contribution in [1.82, 2.24) is 4.90 Å². The molecule has 1 heterocycles. The second-order valence-electron chi connectivity index (χ2n) is 4.24. The molecule has 0 amide bonds. The molecule has 0 aliphatic rings. The summed E-state index contributed by atoms with van der Waals surface area (Å²) in [6.45, 7) is 5.21. The molecule has 2 nitrogen and oxygen atoms in total. The second-order valence-corrected chi connectivity index (χ2v) is 6.53. The Labute approximate surface area is 97.7 Å². The molecule has 0 aromatic carbocycles. The van der Waals surface area contributed by atoms with Crippen LogP contribution in [-0.4, -0.2) is 29.2 Å². The van der Waals surface area contributed by atoms with Crippen LogP contribution in [-0.2, 0) is 6.54 Å². The number of rotatable bonds is 4. The van der Waals surface area contributed by atoms with Crippen LogP contribution in [0.3, 0.4) is 0 Å². The molecule has 4 heteroatoms. The predicted octanol–water partition coefficient (Wildman–Crippen LogP) is 2.71. The largest absolute Gasteiger partial charge is 0.389 e. The zero-order valence-corrected chi connectivity index (χ0v) is 11.2. The molecule has 0 saturated heterocycles. The number of halogens is 1. The molecule has 1 N–H and O–H groups in total. The fraction of sp³-hybridized carbons (Fsp3) is 0.600. The summed E-state index contributed by atoms with van der Waals surface area (Å²) in [5.41, 5.74) is 0.663. The first-order valence-corrected chi connectivity index (χ1v) is 6.18. The minimum atomic E-state index is -0.623. The highest BCUT2D eigenvalue weighted by Crippen LogP contribution is 2.21. The fourth-order valence-electron chi connectivity index (χ4n) is 1.46. The van der Waals surface area contributed by atoms with Crippen molar-refractivity contribution in [3.63, 3.8) is 0 Å². The first kappa shape index (κ1) is 12.2. The molecule has 0 fully saturated rings. The van der Waals surface area contributed by atoms with Gasteiger partial charge in [0.25, 0.3) is 0 Å². The van der Waals surface area contributed by atoms with E-state index in [0.717, 1.165) is 10.3 Å². The molecule has 1 aromatic rings. The number of thiophene rings is 1. The van der Waals surface area contributed by atoms with Crippen LogP contribution < -0.4 is 0 Å². The Balaban J connectivity index is 2.45. The SMILES string of the molecule is CN(Cc1csc(Br)c1)CC(C)(C)O. The van der Waals surface area contributed by atoms with Crippen LogP contribution in [0.4, 0.5) is 0 Å². The predicted molar refractivity (Wildman–Crippen MR) is 64.7 cm³/mol. The maximum Gasteiger partial charge on any atom is 0.0718 e. The quantitative estimate of drug-likeness (QED) is 0.915. The third-order valence-corrected chi connectivity index (χ3v) is 3.28. The number of hydrogen-bond acceptors (Lipinski definition) is 3. The first-order chi connectivity index (χ1) is 6.37. The standard InChI is InChI=1S/C10H16BrNOS/c1-10(2,13)7-12(3)5-8-4-9(11)14-6-8/h4,6,13H,5,7H2,1-3H3. The van der Waals surface area contributed by atoms with E-state index >= 15 is 0 Å². The molecule has 1 aromatic heterocycles. The Morgan fingerprint density at radius 3 is 2.64 bits per heavy atom. The van der Waals surface area contributed by atoms with Crippen LogP contribution in [0.25, 0.3) is 0 Å². The van der Waals surface area contributed by atoms with Crippen LogP contribution in [0.5, 0.6) is 0 Å². The van der Waals surface area contributed by atoms with Gasteiger partial charge in [0.15, 0.2) is 0 Å². The van der Waals surface area contributed by atoms with E-state index in [9.17, 15) is 5.11 Å². The molecule has 0 spiro atoms. The summed E-state index contributed by atoms with van der Waals surface area (Å²) >= 11 is 5.13. The summed E-state index contributed by atoms with van der Waals surface area (Å²) in [6, 6.07) is 2.12. The molecule has 0 aliphatic heterocycles. The molecule has 1 rings (SSSR count). The second kappa shape index (κ2) is 4.75. The van der Waals surface area contributed by atoms with E-state index in [1.807, 2.05) is 20.9 Å². The molecule has 0 bridgehead atoms. The van der Waals surface area contributed by atoms with E-state index in [4.69, 9.17) is 0 Å². The summed E-state index contributed by atoms with van der Waals surface area (Å²) in [4.78, 5) is 2.12. The smallest absolute Gasteiger partial charge is 0.0718 e. The van der Waals surface area contributed by atoms with Gasteiger partial charge in [0.05, 0.1) is 9.39 Å². The lowest BCUT2D eigenvalue weighted by molar-refractivity contribution is 0.0425.